The van der Waals surface area contributed by atoms with Gasteiger partial charge in [0.1, 0.15) is 6.54 Å². The highest BCUT2D eigenvalue weighted by Crippen LogP contribution is 2.30. The molecule has 0 bridgehead atoms. The summed E-state index contributed by atoms with van der Waals surface area (Å²) in [5.74, 6) is 0.966. The number of anilines is 1. The van der Waals surface area contributed by atoms with Gasteiger partial charge >= 0.3 is 12.0 Å². The molecule has 0 atom stereocenters. The summed E-state index contributed by atoms with van der Waals surface area (Å²) in [4.78, 5) is 27.0. The lowest BCUT2D eigenvalue weighted by atomic mass is 10.3. The van der Waals surface area contributed by atoms with Crippen molar-refractivity contribution in [3.63, 3.8) is 0 Å². The predicted molar refractivity (Wildman–Crippen MR) is 91.0 cm³/mol. The predicted octanol–water partition coefficient (Wildman–Crippen LogP) is 2.57. The molecule has 0 fully saturated rings. The number of carbonyl (C=O) groups is 2. The van der Waals surface area contributed by atoms with Gasteiger partial charge < -0.3 is 24.8 Å². The number of hydrogen-bond acceptors (Lipinski definition) is 6. The highest BCUT2D eigenvalue weighted by molar-refractivity contribution is 5.91. The number of esters is 1. The molecule has 8 heteroatoms. The first kappa shape index (κ1) is 18.1. The Morgan fingerprint density at radius 2 is 1.88 bits per heavy atom. The SMILES string of the molecule is CCOC(=O)CNC(=O)Nc1ccc(Oc2ccccc2OC)nc1. The smallest absolute Gasteiger partial charge is 0.325 e. The average Bonchev–Trinajstić information content (AvgIpc) is 2.62. The summed E-state index contributed by atoms with van der Waals surface area (Å²) in [6.45, 7) is 1.75. The monoisotopic (exact) mass is 345 g/mol. The Morgan fingerprint density at radius 1 is 1.12 bits per heavy atom. The lowest BCUT2D eigenvalue weighted by Crippen LogP contribution is -2.34. The number of benzene rings is 1. The second-order valence-corrected chi connectivity index (χ2v) is 4.75. The maximum absolute atomic E-state index is 11.7. The summed E-state index contributed by atoms with van der Waals surface area (Å²) in [5, 5.41) is 4.94. The van der Waals surface area contributed by atoms with Crippen LogP contribution in [-0.4, -0.2) is 37.2 Å². The lowest BCUT2D eigenvalue weighted by Gasteiger charge is -2.10. The van der Waals surface area contributed by atoms with E-state index in [-0.39, 0.29) is 13.2 Å². The molecule has 0 unspecified atom stereocenters. The molecule has 25 heavy (non-hydrogen) atoms. The molecule has 0 saturated heterocycles. The van der Waals surface area contributed by atoms with Crippen LogP contribution in [0.3, 0.4) is 0 Å². The van der Waals surface area contributed by atoms with Gasteiger partial charge in [0.25, 0.3) is 0 Å². The number of hydrogen-bond donors (Lipinski definition) is 2. The van der Waals surface area contributed by atoms with Crippen LogP contribution in [0.25, 0.3) is 0 Å². The van der Waals surface area contributed by atoms with E-state index in [0.717, 1.165) is 0 Å². The van der Waals surface area contributed by atoms with Gasteiger partial charge in [-0.15, -0.1) is 0 Å². The maximum Gasteiger partial charge on any atom is 0.325 e. The Kier molecular flexibility index (Phi) is 6.58. The molecule has 2 amide bonds. The zero-order chi connectivity index (χ0) is 18.1. The number of rotatable bonds is 7. The van der Waals surface area contributed by atoms with E-state index in [1.807, 2.05) is 12.1 Å². The molecular weight excluding hydrogens is 326 g/mol. The average molecular weight is 345 g/mol. The molecule has 0 aliphatic rings. The molecule has 0 radical (unpaired) electrons. The molecule has 1 heterocycles. The number of pyridine rings is 1. The van der Waals surface area contributed by atoms with Crippen molar-refractivity contribution in [2.24, 2.45) is 0 Å². The fourth-order valence-corrected chi connectivity index (χ4v) is 1.87. The zero-order valence-corrected chi connectivity index (χ0v) is 13.9. The van der Waals surface area contributed by atoms with Crippen molar-refractivity contribution in [1.82, 2.24) is 10.3 Å². The van der Waals surface area contributed by atoms with Crippen LogP contribution >= 0.6 is 0 Å². The van der Waals surface area contributed by atoms with Gasteiger partial charge in [0.15, 0.2) is 11.5 Å². The van der Waals surface area contributed by atoms with Gasteiger partial charge in [0.05, 0.1) is 25.6 Å². The molecular formula is C17H19N3O5. The van der Waals surface area contributed by atoms with Crippen molar-refractivity contribution >= 4 is 17.7 Å². The summed E-state index contributed by atoms with van der Waals surface area (Å²) in [7, 11) is 1.55. The number of methoxy groups -OCH3 is 1. The van der Waals surface area contributed by atoms with Crippen LogP contribution in [0.1, 0.15) is 6.92 Å². The lowest BCUT2D eigenvalue weighted by molar-refractivity contribution is -0.141. The van der Waals surface area contributed by atoms with Crippen LogP contribution in [-0.2, 0) is 9.53 Å². The molecule has 0 aliphatic carbocycles. The van der Waals surface area contributed by atoms with E-state index >= 15 is 0 Å². The molecule has 0 spiro atoms. The van der Waals surface area contributed by atoms with Crippen molar-refractivity contribution < 1.29 is 23.8 Å². The number of para-hydroxylation sites is 2. The number of urea groups is 1. The van der Waals surface area contributed by atoms with E-state index in [0.29, 0.717) is 23.1 Å². The van der Waals surface area contributed by atoms with Gasteiger partial charge in [0, 0.05) is 6.07 Å². The van der Waals surface area contributed by atoms with Gasteiger partial charge in [-0.1, -0.05) is 12.1 Å². The number of nitrogens with one attached hydrogen (secondary N) is 2. The second-order valence-electron chi connectivity index (χ2n) is 4.75. The van der Waals surface area contributed by atoms with Crippen molar-refractivity contribution in [1.29, 1.82) is 0 Å². The van der Waals surface area contributed by atoms with Gasteiger partial charge in [-0.25, -0.2) is 9.78 Å². The van der Waals surface area contributed by atoms with E-state index < -0.39 is 12.0 Å². The quantitative estimate of drug-likeness (QED) is 0.748. The summed E-state index contributed by atoms with van der Waals surface area (Å²) < 4.78 is 15.6. The van der Waals surface area contributed by atoms with Crippen LogP contribution in [0, 0.1) is 0 Å². The van der Waals surface area contributed by atoms with Crippen molar-refractivity contribution in [3.05, 3.63) is 42.6 Å². The number of aromatic nitrogens is 1. The number of amides is 2. The minimum Gasteiger partial charge on any atom is -0.493 e. The Balaban J connectivity index is 1.89. The van der Waals surface area contributed by atoms with E-state index in [1.165, 1.54) is 6.20 Å². The number of carbonyl (C=O) groups excluding carboxylic acids is 2. The van der Waals surface area contributed by atoms with Crippen LogP contribution in [0.2, 0.25) is 0 Å². The van der Waals surface area contributed by atoms with Crippen molar-refractivity contribution in [3.8, 4) is 17.4 Å². The number of nitrogens with zero attached hydrogens (tertiary/aromatic N) is 1. The molecule has 1 aromatic heterocycles. The summed E-state index contributed by atoms with van der Waals surface area (Å²) in [5.41, 5.74) is 0.453. The molecule has 2 aromatic rings. The first-order valence-electron chi connectivity index (χ1n) is 7.59. The second kappa shape index (κ2) is 9.11. The third kappa shape index (κ3) is 5.69. The topological polar surface area (TPSA) is 98.8 Å². The van der Waals surface area contributed by atoms with Crippen molar-refractivity contribution in [2.45, 2.75) is 6.92 Å². The molecule has 2 rings (SSSR count). The standard InChI is InChI=1S/C17H19N3O5/c1-3-24-16(21)11-19-17(22)20-12-8-9-15(18-10-12)25-14-7-5-4-6-13(14)23-2/h4-10H,3,11H2,1-2H3,(H2,19,20,22). The third-order valence-corrected chi connectivity index (χ3v) is 2.98. The highest BCUT2D eigenvalue weighted by Gasteiger charge is 2.08. The minimum absolute atomic E-state index is 0.206. The van der Waals surface area contributed by atoms with Crippen LogP contribution in [0.15, 0.2) is 42.6 Å². The largest absolute Gasteiger partial charge is 0.493 e. The summed E-state index contributed by atoms with van der Waals surface area (Å²) >= 11 is 0. The fraction of sp³-hybridized carbons (Fsp3) is 0.235. The van der Waals surface area contributed by atoms with E-state index in [9.17, 15) is 9.59 Å². The van der Waals surface area contributed by atoms with Gasteiger partial charge in [0.2, 0.25) is 5.88 Å². The van der Waals surface area contributed by atoms with Crippen molar-refractivity contribution in [2.75, 3.05) is 25.6 Å². The third-order valence-electron chi connectivity index (χ3n) is 2.98. The Hall–Kier alpha value is -3.29. The zero-order valence-electron chi connectivity index (χ0n) is 13.9. The van der Waals surface area contributed by atoms with E-state index in [4.69, 9.17) is 14.2 Å². The maximum atomic E-state index is 11.7. The Labute approximate surface area is 145 Å². The van der Waals surface area contributed by atoms with E-state index in [2.05, 4.69) is 15.6 Å². The normalized spacial score (nSPS) is 9.84. The summed E-state index contributed by atoms with van der Waals surface area (Å²) in [6.07, 6.45) is 1.44. The molecule has 0 saturated carbocycles. The van der Waals surface area contributed by atoms with E-state index in [1.54, 1.807) is 38.3 Å². The van der Waals surface area contributed by atoms with Gasteiger partial charge in [-0.05, 0) is 25.1 Å². The van der Waals surface area contributed by atoms with Gasteiger partial charge in [-0.3, -0.25) is 4.79 Å². The Morgan fingerprint density at radius 3 is 2.52 bits per heavy atom. The summed E-state index contributed by atoms with van der Waals surface area (Å²) in [6, 6.07) is 9.89. The molecule has 132 valence electrons. The first-order valence-corrected chi connectivity index (χ1v) is 7.59. The Bertz CT molecular complexity index is 718. The molecule has 1 aromatic carbocycles. The van der Waals surface area contributed by atoms with Gasteiger partial charge in [-0.2, -0.15) is 0 Å². The number of ether oxygens (including phenoxy) is 3. The van der Waals surface area contributed by atoms with Crippen LogP contribution < -0.4 is 20.1 Å². The van der Waals surface area contributed by atoms with Crippen LogP contribution in [0.4, 0.5) is 10.5 Å². The fourth-order valence-electron chi connectivity index (χ4n) is 1.87. The first-order chi connectivity index (χ1) is 12.1. The molecule has 2 N–H and O–H groups in total. The molecule has 8 nitrogen and oxygen atoms in total. The minimum atomic E-state index is -0.534. The van der Waals surface area contributed by atoms with Crippen LogP contribution in [0.5, 0.6) is 17.4 Å². The highest BCUT2D eigenvalue weighted by atomic mass is 16.5. The molecule has 0 aliphatic heterocycles.